The highest BCUT2D eigenvalue weighted by Crippen LogP contribution is 2.28. The molecule has 0 aliphatic rings. The number of rotatable bonds is 7. The summed E-state index contributed by atoms with van der Waals surface area (Å²) in [6.45, 7) is 4.57. The Labute approximate surface area is 148 Å². The molecule has 0 aliphatic heterocycles. The molecular formula is C16H19N3O5S. The van der Waals surface area contributed by atoms with Crippen molar-refractivity contribution in [1.82, 2.24) is 10.3 Å². The fraction of sp³-hybridized carbons (Fsp3) is 0.375. The summed E-state index contributed by atoms with van der Waals surface area (Å²) in [6, 6.07) is 9.00. The summed E-state index contributed by atoms with van der Waals surface area (Å²) in [6.07, 6.45) is -0.696. The fourth-order valence-electron chi connectivity index (χ4n) is 2.17. The molecule has 1 aromatic carbocycles. The van der Waals surface area contributed by atoms with Gasteiger partial charge in [0.25, 0.3) is 5.09 Å². The Morgan fingerprint density at radius 2 is 2.08 bits per heavy atom. The van der Waals surface area contributed by atoms with Gasteiger partial charge in [-0.3, -0.25) is 0 Å². The Hall–Kier alpha value is -2.68. The SMILES string of the molecule is Cc1ncsc1C(NC(=O)OC(C)(C)CO[N+](=O)[O-])c1ccccc1. The van der Waals surface area contributed by atoms with Crippen LogP contribution in [0.15, 0.2) is 35.8 Å². The van der Waals surface area contributed by atoms with Gasteiger partial charge in [-0.1, -0.05) is 30.3 Å². The number of carbonyl (C=O) groups is 1. The molecule has 25 heavy (non-hydrogen) atoms. The lowest BCUT2D eigenvalue weighted by Crippen LogP contribution is -2.40. The smallest absolute Gasteiger partial charge is 0.408 e. The van der Waals surface area contributed by atoms with Crippen LogP contribution in [0, 0.1) is 17.0 Å². The van der Waals surface area contributed by atoms with Crippen molar-refractivity contribution in [2.24, 2.45) is 0 Å². The van der Waals surface area contributed by atoms with Gasteiger partial charge >= 0.3 is 6.09 Å². The van der Waals surface area contributed by atoms with Crippen LogP contribution in [0.3, 0.4) is 0 Å². The van der Waals surface area contributed by atoms with E-state index in [0.29, 0.717) is 0 Å². The van der Waals surface area contributed by atoms with Crippen LogP contribution in [0.1, 0.15) is 36.0 Å². The first-order valence-corrected chi connectivity index (χ1v) is 8.38. The third kappa shape index (κ3) is 5.42. The minimum absolute atomic E-state index is 0.358. The van der Waals surface area contributed by atoms with Crippen LogP contribution in [-0.2, 0) is 9.57 Å². The summed E-state index contributed by atoms with van der Waals surface area (Å²) in [5, 5.41) is 12.2. The number of amides is 1. The van der Waals surface area contributed by atoms with Gasteiger partial charge in [0, 0.05) is 0 Å². The normalized spacial score (nSPS) is 12.3. The van der Waals surface area contributed by atoms with Gasteiger partial charge in [0.1, 0.15) is 12.2 Å². The molecule has 0 radical (unpaired) electrons. The molecular weight excluding hydrogens is 346 g/mol. The predicted molar refractivity (Wildman–Crippen MR) is 91.8 cm³/mol. The summed E-state index contributed by atoms with van der Waals surface area (Å²) in [4.78, 5) is 32.0. The van der Waals surface area contributed by atoms with Crippen LogP contribution in [0.4, 0.5) is 4.79 Å². The standard InChI is InChI=1S/C16H19N3O5S/c1-11-14(25-10-17-11)13(12-7-5-4-6-8-12)18-15(20)24-16(2,3)9-23-19(21)22/h4-8,10,13H,9H2,1-3H3,(H,18,20). The fourth-order valence-corrected chi connectivity index (χ4v) is 3.05. The van der Waals surface area contributed by atoms with Gasteiger partial charge < -0.3 is 14.9 Å². The second-order valence-electron chi connectivity index (χ2n) is 5.94. The largest absolute Gasteiger partial charge is 0.441 e. The van der Waals surface area contributed by atoms with Crippen molar-refractivity contribution in [3.8, 4) is 0 Å². The van der Waals surface area contributed by atoms with Crippen molar-refractivity contribution in [1.29, 1.82) is 0 Å². The van der Waals surface area contributed by atoms with Gasteiger partial charge in [0.2, 0.25) is 0 Å². The summed E-state index contributed by atoms with van der Waals surface area (Å²) < 4.78 is 5.28. The second kappa shape index (κ2) is 7.93. The molecule has 0 spiro atoms. The molecule has 0 fully saturated rings. The van der Waals surface area contributed by atoms with E-state index < -0.39 is 22.8 Å². The van der Waals surface area contributed by atoms with Crippen molar-refractivity contribution in [2.75, 3.05) is 6.61 Å². The van der Waals surface area contributed by atoms with E-state index in [1.807, 2.05) is 37.3 Å². The highest BCUT2D eigenvalue weighted by Gasteiger charge is 2.28. The zero-order valence-corrected chi connectivity index (χ0v) is 14.9. The Bertz CT molecular complexity index is 732. The van der Waals surface area contributed by atoms with Crippen molar-refractivity contribution in [2.45, 2.75) is 32.4 Å². The van der Waals surface area contributed by atoms with Crippen LogP contribution in [0.5, 0.6) is 0 Å². The first kappa shape index (κ1) is 18.7. The molecule has 9 heteroatoms. The van der Waals surface area contributed by atoms with Gasteiger partial charge in [-0.15, -0.1) is 21.5 Å². The highest BCUT2D eigenvalue weighted by atomic mass is 32.1. The molecule has 1 heterocycles. The monoisotopic (exact) mass is 365 g/mol. The van der Waals surface area contributed by atoms with E-state index >= 15 is 0 Å². The Morgan fingerprint density at radius 1 is 1.40 bits per heavy atom. The Kier molecular flexibility index (Phi) is 5.92. The maximum atomic E-state index is 12.3. The molecule has 1 amide bonds. The number of benzene rings is 1. The van der Waals surface area contributed by atoms with Gasteiger partial charge in [-0.05, 0) is 26.3 Å². The van der Waals surface area contributed by atoms with E-state index in [4.69, 9.17) is 4.74 Å². The molecule has 134 valence electrons. The lowest BCUT2D eigenvalue weighted by atomic mass is 10.0. The molecule has 0 bridgehead atoms. The Morgan fingerprint density at radius 3 is 2.64 bits per heavy atom. The van der Waals surface area contributed by atoms with Crippen LogP contribution in [0.2, 0.25) is 0 Å². The van der Waals surface area contributed by atoms with Crippen molar-refractivity contribution < 1.29 is 19.5 Å². The van der Waals surface area contributed by atoms with E-state index in [9.17, 15) is 14.9 Å². The number of nitrogens with one attached hydrogen (secondary N) is 1. The number of hydrogen-bond acceptors (Lipinski definition) is 7. The first-order valence-electron chi connectivity index (χ1n) is 7.50. The molecule has 1 atom stereocenters. The third-order valence-electron chi connectivity index (χ3n) is 3.33. The molecule has 8 nitrogen and oxygen atoms in total. The maximum absolute atomic E-state index is 12.3. The molecule has 2 rings (SSSR count). The van der Waals surface area contributed by atoms with E-state index in [0.717, 1.165) is 16.1 Å². The minimum Gasteiger partial charge on any atom is -0.441 e. The average Bonchev–Trinajstić information content (AvgIpc) is 2.97. The van der Waals surface area contributed by atoms with Gasteiger partial charge in [-0.25, -0.2) is 9.78 Å². The lowest BCUT2D eigenvalue weighted by molar-refractivity contribution is -0.760. The molecule has 1 unspecified atom stereocenters. The Balaban J connectivity index is 2.13. The molecule has 0 aliphatic carbocycles. The van der Waals surface area contributed by atoms with Crippen molar-refractivity contribution in [3.05, 3.63) is 62.1 Å². The van der Waals surface area contributed by atoms with E-state index in [1.165, 1.54) is 25.2 Å². The summed E-state index contributed by atoms with van der Waals surface area (Å²) in [5.41, 5.74) is 2.25. The number of aromatic nitrogens is 1. The number of ether oxygens (including phenoxy) is 1. The second-order valence-corrected chi connectivity index (χ2v) is 6.82. The summed E-state index contributed by atoms with van der Waals surface area (Å²) >= 11 is 1.43. The molecule has 1 N–H and O–H groups in total. The topological polar surface area (TPSA) is 104 Å². The molecule has 0 saturated heterocycles. The number of carbonyl (C=O) groups excluding carboxylic acids is 1. The minimum atomic E-state index is -1.15. The zero-order chi connectivity index (χ0) is 18.4. The molecule has 2 aromatic rings. The van der Waals surface area contributed by atoms with Crippen LogP contribution in [0.25, 0.3) is 0 Å². The predicted octanol–water partition coefficient (Wildman–Crippen LogP) is 3.25. The van der Waals surface area contributed by atoms with E-state index in [-0.39, 0.29) is 6.61 Å². The average molecular weight is 365 g/mol. The van der Waals surface area contributed by atoms with E-state index in [2.05, 4.69) is 15.1 Å². The molecule has 0 saturated carbocycles. The third-order valence-corrected chi connectivity index (χ3v) is 4.32. The van der Waals surface area contributed by atoms with Gasteiger partial charge in [-0.2, -0.15) is 0 Å². The van der Waals surface area contributed by atoms with E-state index in [1.54, 1.807) is 5.51 Å². The quantitative estimate of drug-likeness (QED) is 0.597. The number of nitrogens with zero attached hydrogens (tertiary/aromatic N) is 2. The van der Waals surface area contributed by atoms with Crippen LogP contribution < -0.4 is 5.32 Å². The number of hydrogen-bond donors (Lipinski definition) is 1. The zero-order valence-electron chi connectivity index (χ0n) is 14.1. The first-order chi connectivity index (χ1) is 11.8. The summed E-state index contributed by atoms with van der Waals surface area (Å²) in [5.74, 6) is 0. The number of thiazole rings is 1. The van der Waals surface area contributed by atoms with Crippen LogP contribution >= 0.6 is 11.3 Å². The highest BCUT2D eigenvalue weighted by molar-refractivity contribution is 7.09. The van der Waals surface area contributed by atoms with Crippen LogP contribution in [-0.4, -0.2) is 28.4 Å². The lowest BCUT2D eigenvalue weighted by Gasteiger charge is -2.26. The summed E-state index contributed by atoms with van der Waals surface area (Å²) in [7, 11) is 0. The number of aryl methyl sites for hydroxylation is 1. The number of alkyl carbamates (subject to hydrolysis) is 1. The van der Waals surface area contributed by atoms with Crippen molar-refractivity contribution in [3.63, 3.8) is 0 Å². The van der Waals surface area contributed by atoms with Gasteiger partial charge in [0.05, 0.1) is 22.1 Å². The van der Waals surface area contributed by atoms with Crippen molar-refractivity contribution >= 4 is 17.4 Å². The molecule has 1 aromatic heterocycles. The maximum Gasteiger partial charge on any atom is 0.408 e. The van der Waals surface area contributed by atoms with Gasteiger partial charge in [0.15, 0.2) is 0 Å².